The molecule has 0 spiro atoms. The predicted octanol–water partition coefficient (Wildman–Crippen LogP) is 8.30. The second-order valence-corrected chi connectivity index (χ2v) is 14.9. The predicted molar refractivity (Wildman–Crippen MR) is 165 cm³/mol. The van der Waals surface area contributed by atoms with Gasteiger partial charge in [0.05, 0.1) is 21.7 Å². The van der Waals surface area contributed by atoms with Crippen LogP contribution < -0.4 is 0 Å². The molecule has 0 amide bonds. The third-order valence-electron chi connectivity index (χ3n) is 7.25. The Hall–Kier alpha value is -1.14. The van der Waals surface area contributed by atoms with Gasteiger partial charge < -0.3 is 4.57 Å². The molecule has 1 aromatic carbocycles. The maximum atomic E-state index is 11.7. The van der Waals surface area contributed by atoms with E-state index in [1.165, 1.54) is 102 Å². The van der Waals surface area contributed by atoms with E-state index in [4.69, 9.17) is 9.54 Å². The number of hydrogen-bond donors (Lipinski definition) is 2. The summed E-state index contributed by atoms with van der Waals surface area (Å²) in [4.78, 5) is 4.52. The Morgan fingerprint density at radius 1 is 0.725 bits per heavy atom. The maximum absolute atomic E-state index is 11.7. The summed E-state index contributed by atoms with van der Waals surface area (Å²) >= 11 is 1.64. The van der Waals surface area contributed by atoms with Crippen molar-refractivity contribution in [3.8, 4) is 0 Å². The first-order valence-corrected chi connectivity index (χ1v) is 19.2. The summed E-state index contributed by atoms with van der Waals surface area (Å²) < 4.78 is 65.6. The highest BCUT2D eigenvalue weighted by molar-refractivity contribution is 7.99. The van der Waals surface area contributed by atoms with Crippen LogP contribution in [0.4, 0.5) is 0 Å². The van der Waals surface area contributed by atoms with Gasteiger partial charge in [0.1, 0.15) is 0 Å². The summed E-state index contributed by atoms with van der Waals surface area (Å²) in [5, 5.41) is 0.794. The lowest BCUT2D eigenvalue weighted by molar-refractivity contribution is 0.477. The second kappa shape index (κ2) is 19.1. The SMILES string of the molecule is CCCCCCCCCCCCCCCCCSc1nc2ccc(S(=O)(=O)O)cc2n1CCCCCS(=O)(=O)O. The van der Waals surface area contributed by atoms with E-state index in [9.17, 15) is 21.4 Å². The molecule has 8 nitrogen and oxygen atoms in total. The summed E-state index contributed by atoms with van der Waals surface area (Å²) in [6.45, 7) is 2.80. The average molecular weight is 619 g/mol. The van der Waals surface area contributed by atoms with Crippen LogP contribution in [-0.2, 0) is 26.8 Å². The number of fused-ring (bicyclic) bond motifs is 1. The van der Waals surface area contributed by atoms with Crippen molar-refractivity contribution >= 4 is 43.0 Å². The third kappa shape index (κ3) is 14.7. The van der Waals surface area contributed by atoms with E-state index in [2.05, 4.69) is 6.92 Å². The lowest BCUT2D eigenvalue weighted by atomic mass is 10.0. The van der Waals surface area contributed by atoms with Crippen LogP contribution in [0, 0.1) is 0 Å². The molecular weight excluding hydrogens is 569 g/mol. The van der Waals surface area contributed by atoms with E-state index in [1.807, 2.05) is 4.57 Å². The van der Waals surface area contributed by atoms with Gasteiger partial charge in [-0.3, -0.25) is 9.11 Å². The fraction of sp³-hybridized carbons (Fsp3) is 0.759. The molecular formula is C29H50N2O6S3. The van der Waals surface area contributed by atoms with Crippen molar-refractivity contribution < 1.29 is 25.9 Å². The first-order chi connectivity index (χ1) is 19.1. The Labute approximate surface area is 246 Å². The topological polar surface area (TPSA) is 127 Å². The summed E-state index contributed by atoms with van der Waals surface area (Å²) in [5.74, 6) is 0.640. The zero-order valence-electron chi connectivity index (χ0n) is 24.2. The quantitative estimate of drug-likeness (QED) is 0.0683. The number of rotatable bonds is 24. The summed E-state index contributed by atoms with van der Waals surface area (Å²) in [6.07, 6.45) is 21.4. The number of imidazole rings is 1. The van der Waals surface area contributed by atoms with Gasteiger partial charge in [-0.2, -0.15) is 16.8 Å². The van der Waals surface area contributed by atoms with Crippen LogP contribution in [0.2, 0.25) is 0 Å². The van der Waals surface area contributed by atoms with Gasteiger partial charge in [0.15, 0.2) is 5.16 Å². The summed E-state index contributed by atoms with van der Waals surface area (Å²) in [5.41, 5.74) is 1.29. The molecule has 1 heterocycles. The van der Waals surface area contributed by atoms with Crippen LogP contribution in [0.3, 0.4) is 0 Å². The number of unbranched alkanes of at least 4 members (excludes halogenated alkanes) is 16. The summed E-state index contributed by atoms with van der Waals surface area (Å²) in [7, 11) is -8.31. The van der Waals surface area contributed by atoms with Crippen molar-refractivity contribution in [2.24, 2.45) is 0 Å². The van der Waals surface area contributed by atoms with E-state index >= 15 is 0 Å². The van der Waals surface area contributed by atoms with E-state index in [1.54, 1.807) is 17.8 Å². The lowest BCUT2D eigenvalue weighted by Crippen LogP contribution is -2.05. The molecule has 0 bridgehead atoms. The number of nitrogens with zero attached hydrogens (tertiary/aromatic N) is 2. The molecule has 2 rings (SSSR count). The smallest absolute Gasteiger partial charge is 0.294 e. The second-order valence-electron chi connectivity index (χ2n) is 10.8. The van der Waals surface area contributed by atoms with E-state index in [0.29, 0.717) is 36.8 Å². The maximum Gasteiger partial charge on any atom is 0.294 e. The van der Waals surface area contributed by atoms with Crippen molar-refractivity contribution in [2.75, 3.05) is 11.5 Å². The highest BCUT2D eigenvalue weighted by atomic mass is 32.2. The molecule has 0 aliphatic rings. The average Bonchev–Trinajstić information content (AvgIpc) is 3.23. The van der Waals surface area contributed by atoms with Gasteiger partial charge in [-0.25, -0.2) is 4.98 Å². The van der Waals surface area contributed by atoms with Crippen molar-refractivity contribution in [3.05, 3.63) is 18.2 Å². The van der Waals surface area contributed by atoms with E-state index in [-0.39, 0.29) is 10.6 Å². The molecule has 0 aliphatic carbocycles. The molecule has 0 aliphatic heterocycles. The molecule has 0 saturated heterocycles. The van der Waals surface area contributed by atoms with Gasteiger partial charge in [0.25, 0.3) is 20.2 Å². The summed E-state index contributed by atoms with van der Waals surface area (Å²) in [6, 6.07) is 4.39. The largest absolute Gasteiger partial charge is 0.319 e. The van der Waals surface area contributed by atoms with Gasteiger partial charge >= 0.3 is 0 Å². The molecule has 230 valence electrons. The monoisotopic (exact) mass is 618 g/mol. The standard InChI is InChI=1S/C29H50N2O6S3/c1-2-3-4-5-6-7-8-9-10-11-12-13-14-15-18-23-38-29-30-27-21-20-26(40(35,36)37)25-28(27)31(29)22-17-16-19-24-39(32,33)34/h20-21,25H,2-19,22-24H2,1H3,(H,32,33,34)(H,35,36,37). The Bertz CT molecular complexity index is 1200. The Balaban J connectivity index is 1.72. The minimum atomic E-state index is -4.33. The Morgan fingerprint density at radius 3 is 1.77 bits per heavy atom. The van der Waals surface area contributed by atoms with Crippen LogP contribution in [0.1, 0.15) is 122 Å². The van der Waals surface area contributed by atoms with Crippen LogP contribution in [0.25, 0.3) is 11.0 Å². The first-order valence-electron chi connectivity index (χ1n) is 15.2. The zero-order chi connectivity index (χ0) is 29.3. The fourth-order valence-electron chi connectivity index (χ4n) is 4.94. The van der Waals surface area contributed by atoms with Gasteiger partial charge in [0, 0.05) is 12.3 Å². The van der Waals surface area contributed by atoms with Crippen LogP contribution in [-0.4, -0.2) is 47.0 Å². The molecule has 11 heteroatoms. The van der Waals surface area contributed by atoms with Crippen molar-refractivity contribution in [1.82, 2.24) is 9.55 Å². The first kappa shape index (κ1) is 35.1. The van der Waals surface area contributed by atoms with Crippen LogP contribution in [0.5, 0.6) is 0 Å². The molecule has 0 saturated carbocycles. The molecule has 0 fully saturated rings. The molecule has 0 radical (unpaired) electrons. The highest BCUT2D eigenvalue weighted by Crippen LogP contribution is 2.28. The fourth-order valence-corrected chi connectivity index (χ4v) is 7.04. The van der Waals surface area contributed by atoms with Crippen molar-refractivity contribution in [3.63, 3.8) is 0 Å². The molecule has 2 aromatic rings. The molecule has 2 N–H and O–H groups in total. The third-order valence-corrected chi connectivity index (χ3v) is 9.96. The van der Waals surface area contributed by atoms with Crippen LogP contribution in [0.15, 0.2) is 28.3 Å². The minimum absolute atomic E-state index is 0.175. The van der Waals surface area contributed by atoms with E-state index in [0.717, 1.165) is 17.3 Å². The van der Waals surface area contributed by atoms with Crippen molar-refractivity contribution in [2.45, 2.75) is 139 Å². The molecule has 40 heavy (non-hydrogen) atoms. The van der Waals surface area contributed by atoms with E-state index < -0.39 is 20.2 Å². The highest BCUT2D eigenvalue weighted by Gasteiger charge is 2.16. The van der Waals surface area contributed by atoms with Gasteiger partial charge in [-0.15, -0.1) is 0 Å². The molecule has 0 unspecified atom stereocenters. The van der Waals surface area contributed by atoms with Gasteiger partial charge in [-0.05, 0) is 37.5 Å². The Kier molecular flexibility index (Phi) is 16.8. The molecule has 1 aromatic heterocycles. The minimum Gasteiger partial charge on any atom is -0.319 e. The number of thioether (sulfide) groups is 1. The normalized spacial score (nSPS) is 12.5. The number of aryl methyl sites for hydroxylation is 1. The number of hydrogen-bond acceptors (Lipinski definition) is 6. The van der Waals surface area contributed by atoms with Crippen LogP contribution >= 0.6 is 11.8 Å². The zero-order valence-corrected chi connectivity index (χ0v) is 26.7. The molecule has 0 atom stereocenters. The van der Waals surface area contributed by atoms with Gasteiger partial charge in [0.2, 0.25) is 0 Å². The van der Waals surface area contributed by atoms with Crippen molar-refractivity contribution in [1.29, 1.82) is 0 Å². The lowest BCUT2D eigenvalue weighted by Gasteiger charge is -2.09. The number of aromatic nitrogens is 2. The number of benzene rings is 1. The van der Waals surface area contributed by atoms with Gasteiger partial charge in [-0.1, -0.05) is 115 Å². The Morgan fingerprint density at radius 2 is 1.25 bits per heavy atom.